The van der Waals surface area contributed by atoms with E-state index in [0.29, 0.717) is 12.0 Å². The number of benzene rings is 1. The number of rotatable bonds is 6. The minimum absolute atomic E-state index is 0.0431. The number of pyridine rings is 1. The Bertz CT molecular complexity index is 596. The van der Waals surface area contributed by atoms with Crippen molar-refractivity contribution in [2.45, 2.75) is 39.7 Å². The largest absolute Gasteiger partial charge is 0.310 e. The zero-order valence-electron chi connectivity index (χ0n) is 13.0. The second-order valence-corrected chi connectivity index (χ2v) is 5.46. The van der Waals surface area contributed by atoms with Gasteiger partial charge in [0.1, 0.15) is 5.82 Å². The molecule has 0 saturated heterocycles. The number of halogens is 1. The second kappa shape index (κ2) is 7.32. The smallest absolute Gasteiger partial charge is 0.130 e. The molecule has 0 aliphatic carbocycles. The summed E-state index contributed by atoms with van der Waals surface area (Å²) in [6.45, 7) is 6.83. The highest BCUT2D eigenvalue weighted by molar-refractivity contribution is 5.29. The van der Waals surface area contributed by atoms with Gasteiger partial charge in [-0.1, -0.05) is 31.2 Å². The molecule has 0 bridgehead atoms. The molecule has 112 valence electrons. The predicted molar refractivity (Wildman–Crippen MR) is 84.8 cm³/mol. The summed E-state index contributed by atoms with van der Waals surface area (Å²) in [7, 11) is 0. The minimum atomic E-state index is -0.111. The van der Waals surface area contributed by atoms with Gasteiger partial charge in [0.2, 0.25) is 0 Å². The Kier molecular flexibility index (Phi) is 5.45. The van der Waals surface area contributed by atoms with Gasteiger partial charge >= 0.3 is 0 Å². The van der Waals surface area contributed by atoms with Crippen molar-refractivity contribution in [3.05, 3.63) is 64.7 Å². The Morgan fingerprint density at radius 3 is 2.62 bits per heavy atom. The van der Waals surface area contributed by atoms with Gasteiger partial charge in [-0.25, -0.2) is 4.39 Å². The molecular weight excluding hydrogens is 263 g/mol. The van der Waals surface area contributed by atoms with Crippen LogP contribution in [0.2, 0.25) is 0 Å². The number of hydrogen-bond acceptors (Lipinski definition) is 2. The average molecular weight is 286 g/mol. The molecule has 2 nitrogen and oxygen atoms in total. The zero-order valence-corrected chi connectivity index (χ0v) is 13.0. The summed E-state index contributed by atoms with van der Waals surface area (Å²) in [6.07, 6.45) is 3.52. The monoisotopic (exact) mass is 286 g/mol. The number of hydrogen-bond donors (Lipinski definition) is 1. The summed E-state index contributed by atoms with van der Waals surface area (Å²) < 4.78 is 14.4. The normalized spacial score (nSPS) is 12.4. The summed E-state index contributed by atoms with van der Waals surface area (Å²) in [5, 5.41) is 3.45. The van der Waals surface area contributed by atoms with E-state index in [1.165, 1.54) is 0 Å². The van der Waals surface area contributed by atoms with Crippen LogP contribution in [0.15, 0.2) is 36.5 Å². The maximum absolute atomic E-state index is 14.4. The Hall–Kier alpha value is -1.74. The first kappa shape index (κ1) is 15.6. The van der Waals surface area contributed by atoms with Crippen LogP contribution >= 0.6 is 0 Å². The summed E-state index contributed by atoms with van der Waals surface area (Å²) in [4.78, 5) is 4.44. The lowest BCUT2D eigenvalue weighted by atomic mass is 9.97. The summed E-state index contributed by atoms with van der Waals surface area (Å²) in [5.41, 5.74) is 3.59. The first-order valence-electron chi connectivity index (χ1n) is 7.52. The first-order valence-corrected chi connectivity index (χ1v) is 7.52. The van der Waals surface area contributed by atoms with Gasteiger partial charge in [-0.15, -0.1) is 0 Å². The van der Waals surface area contributed by atoms with E-state index in [9.17, 15) is 4.39 Å². The lowest BCUT2D eigenvalue weighted by Crippen LogP contribution is -2.26. The highest BCUT2D eigenvalue weighted by atomic mass is 19.1. The van der Waals surface area contributed by atoms with Crippen molar-refractivity contribution < 1.29 is 4.39 Å². The third-order valence-corrected chi connectivity index (χ3v) is 3.75. The van der Waals surface area contributed by atoms with Gasteiger partial charge in [0.25, 0.3) is 0 Å². The summed E-state index contributed by atoms with van der Waals surface area (Å²) in [6, 6.07) is 9.53. The fourth-order valence-electron chi connectivity index (χ4n) is 2.48. The third-order valence-electron chi connectivity index (χ3n) is 3.75. The SMILES string of the molecule is CCCNC(Cc1ncccc1C)c1cccc(C)c1F. The molecule has 1 N–H and O–H groups in total. The van der Waals surface area contributed by atoms with Gasteiger partial charge in [-0.3, -0.25) is 4.98 Å². The second-order valence-electron chi connectivity index (χ2n) is 5.46. The molecule has 0 fully saturated rings. The lowest BCUT2D eigenvalue weighted by Gasteiger charge is -2.21. The van der Waals surface area contributed by atoms with Gasteiger partial charge in [-0.05, 0) is 44.0 Å². The minimum Gasteiger partial charge on any atom is -0.310 e. The fourth-order valence-corrected chi connectivity index (χ4v) is 2.48. The Morgan fingerprint density at radius 1 is 1.14 bits per heavy atom. The number of nitrogens with zero attached hydrogens (tertiary/aromatic N) is 1. The maximum Gasteiger partial charge on any atom is 0.130 e. The van der Waals surface area contributed by atoms with Gasteiger partial charge in [0, 0.05) is 29.9 Å². The highest BCUT2D eigenvalue weighted by Crippen LogP contribution is 2.23. The van der Waals surface area contributed by atoms with Crippen LogP contribution in [-0.4, -0.2) is 11.5 Å². The van der Waals surface area contributed by atoms with E-state index >= 15 is 0 Å². The molecule has 1 aromatic heterocycles. The van der Waals surface area contributed by atoms with Gasteiger partial charge < -0.3 is 5.32 Å². The molecule has 21 heavy (non-hydrogen) atoms. The summed E-state index contributed by atoms with van der Waals surface area (Å²) in [5.74, 6) is -0.111. The highest BCUT2D eigenvalue weighted by Gasteiger charge is 2.18. The van der Waals surface area contributed by atoms with E-state index < -0.39 is 0 Å². The molecule has 1 aromatic carbocycles. The number of aromatic nitrogens is 1. The van der Waals surface area contributed by atoms with E-state index in [4.69, 9.17) is 0 Å². The van der Waals surface area contributed by atoms with Crippen molar-refractivity contribution in [1.82, 2.24) is 10.3 Å². The zero-order chi connectivity index (χ0) is 15.2. The molecule has 0 amide bonds. The van der Waals surface area contributed by atoms with Crippen molar-refractivity contribution in [1.29, 1.82) is 0 Å². The van der Waals surface area contributed by atoms with Crippen LogP contribution in [0.25, 0.3) is 0 Å². The molecular formula is C18H23FN2. The molecule has 0 aliphatic heterocycles. The van der Waals surface area contributed by atoms with Crippen LogP contribution in [0, 0.1) is 19.7 Å². The van der Waals surface area contributed by atoms with E-state index in [2.05, 4.69) is 17.2 Å². The molecule has 1 heterocycles. The first-order chi connectivity index (χ1) is 10.1. The molecule has 3 heteroatoms. The van der Waals surface area contributed by atoms with E-state index in [1.807, 2.05) is 44.2 Å². The van der Waals surface area contributed by atoms with Crippen LogP contribution in [0.4, 0.5) is 4.39 Å². The van der Waals surface area contributed by atoms with Gasteiger partial charge in [-0.2, -0.15) is 0 Å². The Morgan fingerprint density at radius 2 is 1.90 bits per heavy atom. The standard InChI is InChI=1S/C18H23FN2/c1-4-10-20-17(12-16-13(2)8-6-11-21-16)15-9-5-7-14(3)18(15)19/h5-9,11,17,20H,4,10,12H2,1-3H3. The Balaban J connectivity index is 2.30. The quantitative estimate of drug-likeness (QED) is 0.864. The molecule has 0 saturated carbocycles. The molecule has 1 unspecified atom stereocenters. The third kappa shape index (κ3) is 3.88. The van der Waals surface area contributed by atoms with Crippen LogP contribution in [0.1, 0.15) is 41.8 Å². The fraction of sp³-hybridized carbons (Fsp3) is 0.389. The number of nitrogens with one attached hydrogen (secondary N) is 1. The van der Waals surface area contributed by atoms with Crippen LogP contribution in [-0.2, 0) is 6.42 Å². The van der Waals surface area contributed by atoms with Gasteiger partial charge in [0.15, 0.2) is 0 Å². The molecule has 2 rings (SSSR count). The van der Waals surface area contributed by atoms with Crippen LogP contribution in [0.5, 0.6) is 0 Å². The Labute approximate surface area is 126 Å². The summed E-state index contributed by atoms with van der Waals surface area (Å²) >= 11 is 0. The average Bonchev–Trinajstić information content (AvgIpc) is 2.48. The maximum atomic E-state index is 14.4. The van der Waals surface area contributed by atoms with Crippen molar-refractivity contribution >= 4 is 0 Å². The topological polar surface area (TPSA) is 24.9 Å². The van der Waals surface area contributed by atoms with Gasteiger partial charge in [0.05, 0.1) is 0 Å². The van der Waals surface area contributed by atoms with Crippen molar-refractivity contribution in [2.24, 2.45) is 0 Å². The predicted octanol–water partition coefficient (Wildman–Crippen LogP) is 4.12. The molecule has 0 spiro atoms. The molecule has 2 aromatic rings. The lowest BCUT2D eigenvalue weighted by molar-refractivity contribution is 0.490. The van der Waals surface area contributed by atoms with Crippen LogP contribution < -0.4 is 5.32 Å². The van der Waals surface area contributed by atoms with Crippen molar-refractivity contribution in [2.75, 3.05) is 6.54 Å². The molecule has 0 radical (unpaired) electrons. The van der Waals surface area contributed by atoms with E-state index in [0.717, 1.165) is 29.8 Å². The van der Waals surface area contributed by atoms with Crippen LogP contribution in [0.3, 0.4) is 0 Å². The van der Waals surface area contributed by atoms with E-state index in [-0.39, 0.29) is 11.9 Å². The van der Waals surface area contributed by atoms with Crippen molar-refractivity contribution in [3.63, 3.8) is 0 Å². The molecule has 0 aliphatic rings. The molecule has 1 atom stereocenters. The van der Waals surface area contributed by atoms with E-state index in [1.54, 1.807) is 6.20 Å². The number of aryl methyl sites for hydroxylation is 2. The van der Waals surface area contributed by atoms with Crippen molar-refractivity contribution in [3.8, 4) is 0 Å².